The molecule has 0 spiro atoms. The molecule has 4 aliphatic rings. The molecule has 4 heteroatoms. The van der Waals surface area contributed by atoms with Crippen LogP contribution in [0.2, 0.25) is 0 Å². The molecular weight excluding hydrogens is 208 g/mol. The van der Waals surface area contributed by atoms with E-state index in [-0.39, 0.29) is 41.9 Å². The van der Waals surface area contributed by atoms with Gasteiger partial charge in [-0.25, -0.2) is 0 Å². The van der Waals surface area contributed by atoms with Crippen molar-refractivity contribution in [2.45, 2.75) is 38.9 Å². The fourth-order valence-electron chi connectivity index (χ4n) is 3.33. The zero-order valence-electron chi connectivity index (χ0n) is 9.51. The van der Waals surface area contributed by atoms with Gasteiger partial charge < -0.3 is 9.47 Å². The van der Waals surface area contributed by atoms with Gasteiger partial charge in [0.15, 0.2) is 0 Å². The first-order valence-electron chi connectivity index (χ1n) is 5.99. The molecule has 2 saturated heterocycles. The maximum absolute atomic E-state index is 11.6. The van der Waals surface area contributed by atoms with Gasteiger partial charge in [0.05, 0.1) is 11.8 Å². The number of hydrogen-bond donors (Lipinski definition) is 0. The zero-order chi connectivity index (χ0) is 11.4. The second-order valence-corrected chi connectivity index (χ2v) is 5.46. The highest BCUT2D eigenvalue weighted by atomic mass is 16.6. The first kappa shape index (κ1) is 10.1. The average Bonchev–Trinajstić information content (AvgIpc) is 2.74. The van der Waals surface area contributed by atoms with Crippen LogP contribution >= 0.6 is 0 Å². The third-order valence-electron chi connectivity index (χ3n) is 4.14. The molecule has 2 saturated carbocycles. The molecule has 5 atom stereocenters. The van der Waals surface area contributed by atoms with E-state index in [1.807, 2.05) is 13.8 Å². The van der Waals surface area contributed by atoms with Crippen molar-refractivity contribution in [1.82, 2.24) is 0 Å². The molecule has 5 unspecified atom stereocenters. The largest absolute Gasteiger partial charge is 0.458 e. The van der Waals surface area contributed by atoms with Crippen LogP contribution in [0, 0.1) is 23.7 Å². The molecule has 88 valence electrons. The standard InChI is InChI=1S/C12H16O4/c1-5(2)11(13)16-10-7-3-6-4-8(7)12(14)15-9(6)10/h5-10H,3-4H2,1-2H3. The quantitative estimate of drug-likeness (QED) is 0.660. The molecule has 0 aromatic heterocycles. The van der Waals surface area contributed by atoms with E-state index < -0.39 is 0 Å². The molecule has 2 aliphatic heterocycles. The van der Waals surface area contributed by atoms with Crippen LogP contribution in [0.1, 0.15) is 26.7 Å². The Hall–Kier alpha value is -1.06. The summed E-state index contributed by atoms with van der Waals surface area (Å²) >= 11 is 0. The highest BCUT2D eigenvalue weighted by Gasteiger charge is 2.63. The van der Waals surface area contributed by atoms with Gasteiger partial charge >= 0.3 is 11.9 Å². The molecule has 0 amide bonds. The van der Waals surface area contributed by atoms with E-state index in [0.29, 0.717) is 5.92 Å². The highest BCUT2D eigenvalue weighted by Crippen LogP contribution is 2.55. The number of hydrogen-bond acceptors (Lipinski definition) is 4. The first-order chi connectivity index (χ1) is 7.58. The highest BCUT2D eigenvalue weighted by molar-refractivity contribution is 5.77. The van der Waals surface area contributed by atoms with Crippen LogP contribution < -0.4 is 0 Å². The minimum absolute atomic E-state index is 0.0139. The Morgan fingerprint density at radius 1 is 1.44 bits per heavy atom. The molecule has 0 N–H and O–H groups in total. The summed E-state index contributed by atoms with van der Waals surface area (Å²) in [5, 5.41) is 0. The van der Waals surface area contributed by atoms with Crippen molar-refractivity contribution in [1.29, 1.82) is 0 Å². The van der Waals surface area contributed by atoms with Crippen LogP contribution in [0.25, 0.3) is 0 Å². The van der Waals surface area contributed by atoms with Crippen LogP contribution in [0.5, 0.6) is 0 Å². The Morgan fingerprint density at radius 2 is 2.19 bits per heavy atom. The van der Waals surface area contributed by atoms with Gasteiger partial charge in [0.25, 0.3) is 0 Å². The minimum Gasteiger partial charge on any atom is -0.458 e. The summed E-state index contributed by atoms with van der Waals surface area (Å²) in [7, 11) is 0. The van der Waals surface area contributed by atoms with Crippen molar-refractivity contribution in [2.75, 3.05) is 0 Å². The normalized spacial score (nSPS) is 43.9. The first-order valence-corrected chi connectivity index (χ1v) is 5.99. The Morgan fingerprint density at radius 3 is 2.81 bits per heavy atom. The zero-order valence-corrected chi connectivity index (χ0v) is 9.51. The van der Waals surface area contributed by atoms with Gasteiger partial charge in [-0.2, -0.15) is 0 Å². The second kappa shape index (κ2) is 3.22. The van der Waals surface area contributed by atoms with Crippen molar-refractivity contribution < 1.29 is 19.1 Å². The number of carbonyl (C=O) groups excluding carboxylic acids is 2. The van der Waals surface area contributed by atoms with Crippen LogP contribution in [0.4, 0.5) is 0 Å². The fourth-order valence-corrected chi connectivity index (χ4v) is 3.33. The molecule has 4 rings (SSSR count). The topological polar surface area (TPSA) is 52.6 Å². The maximum atomic E-state index is 11.6. The van der Waals surface area contributed by atoms with Crippen LogP contribution in [-0.4, -0.2) is 24.1 Å². The van der Waals surface area contributed by atoms with Crippen LogP contribution in [-0.2, 0) is 19.1 Å². The van der Waals surface area contributed by atoms with Gasteiger partial charge in [-0.05, 0) is 12.8 Å². The average molecular weight is 224 g/mol. The molecule has 0 aromatic rings. The Labute approximate surface area is 94.3 Å². The molecule has 16 heavy (non-hydrogen) atoms. The van der Waals surface area contributed by atoms with Gasteiger partial charge in [0.1, 0.15) is 12.2 Å². The molecule has 0 aromatic carbocycles. The van der Waals surface area contributed by atoms with Gasteiger partial charge in [0, 0.05) is 11.8 Å². The Bertz CT molecular complexity index is 347. The molecule has 4 fully saturated rings. The summed E-state index contributed by atoms with van der Waals surface area (Å²) in [6.07, 6.45) is 1.59. The molecular formula is C12H16O4. The number of rotatable bonds is 2. The van der Waals surface area contributed by atoms with E-state index >= 15 is 0 Å². The predicted molar refractivity (Wildman–Crippen MR) is 54.3 cm³/mol. The van der Waals surface area contributed by atoms with E-state index in [2.05, 4.69) is 0 Å². The number of ether oxygens (including phenoxy) is 2. The van der Waals surface area contributed by atoms with E-state index in [1.165, 1.54) is 0 Å². The lowest BCUT2D eigenvalue weighted by Crippen LogP contribution is -2.51. The van der Waals surface area contributed by atoms with Gasteiger partial charge in [-0.3, -0.25) is 9.59 Å². The summed E-state index contributed by atoms with van der Waals surface area (Å²) in [5.74, 6) is 0.254. The van der Waals surface area contributed by atoms with E-state index in [4.69, 9.17) is 9.47 Å². The third-order valence-corrected chi connectivity index (χ3v) is 4.14. The smallest absolute Gasteiger partial charge is 0.309 e. The van der Waals surface area contributed by atoms with Crippen LogP contribution in [0.15, 0.2) is 0 Å². The van der Waals surface area contributed by atoms with Gasteiger partial charge in [-0.1, -0.05) is 13.8 Å². The summed E-state index contributed by atoms with van der Waals surface area (Å²) in [6.45, 7) is 3.64. The lowest BCUT2D eigenvalue weighted by atomic mass is 9.82. The summed E-state index contributed by atoms with van der Waals surface area (Å²) in [4.78, 5) is 23.1. The summed E-state index contributed by atoms with van der Waals surface area (Å²) in [6, 6.07) is 0. The molecule has 4 bridgehead atoms. The number of carbonyl (C=O) groups is 2. The lowest BCUT2D eigenvalue weighted by molar-refractivity contribution is -0.198. The predicted octanol–water partition coefficient (Wildman–Crippen LogP) is 1.14. The lowest BCUT2D eigenvalue weighted by Gasteiger charge is -2.39. The third kappa shape index (κ3) is 1.22. The SMILES string of the molecule is CC(C)C(=O)OC1C2CC3CC2C(=O)OC31. The van der Waals surface area contributed by atoms with E-state index in [0.717, 1.165) is 12.8 Å². The van der Waals surface area contributed by atoms with Crippen molar-refractivity contribution in [3.8, 4) is 0 Å². The molecule has 0 radical (unpaired) electrons. The second-order valence-electron chi connectivity index (χ2n) is 5.46. The van der Waals surface area contributed by atoms with E-state index in [9.17, 15) is 9.59 Å². The van der Waals surface area contributed by atoms with Crippen LogP contribution in [0.3, 0.4) is 0 Å². The van der Waals surface area contributed by atoms with Gasteiger partial charge in [0.2, 0.25) is 0 Å². The van der Waals surface area contributed by atoms with Crippen molar-refractivity contribution in [3.05, 3.63) is 0 Å². The van der Waals surface area contributed by atoms with Crippen molar-refractivity contribution in [2.24, 2.45) is 23.7 Å². The summed E-state index contributed by atoms with van der Waals surface area (Å²) < 4.78 is 10.8. The fraction of sp³-hybridized carbons (Fsp3) is 0.833. The number of esters is 2. The Kier molecular flexibility index (Phi) is 2.03. The number of fused-ring (bicyclic) bond motifs is 1. The van der Waals surface area contributed by atoms with Crippen molar-refractivity contribution >= 4 is 11.9 Å². The monoisotopic (exact) mass is 224 g/mol. The van der Waals surface area contributed by atoms with Gasteiger partial charge in [-0.15, -0.1) is 0 Å². The molecule has 4 nitrogen and oxygen atoms in total. The summed E-state index contributed by atoms with van der Waals surface area (Å²) in [5.41, 5.74) is 0. The molecule has 2 heterocycles. The van der Waals surface area contributed by atoms with Crippen molar-refractivity contribution in [3.63, 3.8) is 0 Å². The Balaban J connectivity index is 1.76. The maximum Gasteiger partial charge on any atom is 0.309 e. The van der Waals surface area contributed by atoms with E-state index in [1.54, 1.807) is 0 Å². The minimum atomic E-state index is -0.181. The molecule has 2 aliphatic carbocycles.